The van der Waals surface area contributed by atoms with E-state index in [1.165, 1.54) is 4.90 Å². The molecule has 0 aliphatic heterocycles. The minimum atomic E-state index is -0.405. The van der Waals surface area contributed by atoms with Crippen molar-refractivity contribution in [2.24, 2.45) is 0 Å². The minimum Gasteiger partial charge on any atom is -0.508 e. The number of urea groups is 1. The van der Waals surface area contributed by atoms with Crippen molar-refractivity contribution in [3.63, 3.8) is 0 Å². The van der Waals surface area contributed by atoms with Crippen molar-refractivity contribution in [1.82, 2.24) is 10.2 Å². The third-order valence-corrected chi connectivity index (χ3v) is 2.61. The average molecular weight is 252 g/mol. The van der Waals surface area contributed by atoms with E-state index in [-0.39, 0.29) is 11.8 Å². The van der Waals surface area contributed by atoms with Gasteiger partial charge in [-0.3, -0.25) is 0 Å². The second kappa shape index (κ2) is 6.86. The maximum atomic E-state index is 11.7. The van der Waals surface area contributed by atoms with Gasteiger partial charge >= 0.3 is 6.03 Å². The van der Waals surface area contributed by atoms with E-state index in [0.717, 1.165) is 5.56 Å². The van der Waals surface area contributed by atoms with Gasteiger partial charge in [0.05, 0.1) is 6.10 Å². The van der Waals surface area contributed by atoms with Gasteiger partial charge in [0.15, 0.2) is 0 Å². The quantitative estimate of drug-likeness (QED) is 0.739. The van der Waals surface area contributed by atoms with Crippen LogP contribution in [0.25, 0.3) is 0 Å². The summed E-state index contributed by atoms with van der Waals surface area (Å²) in [5, 5.41) is 21.0. The Morgan fingerprint density at radius 2 is 2.00 bits per heavy atom. The van der Waals surface area contributed by atoms with Crippen LogP contribution in [-0.4, -0.2) is 40.8 Å². The van der Waals surface area contributed by atoms with Crippen LogP contribution >= 0.6 is 0 Å². The lowest BCUT2D eigenvalue weighted by Gasteiger charge is -2.18. The van der Waals surface area contributed by atoms with Crippen molar-refractivity contribution >= 4 is 6.03 Å². The zero-order chi connectivity index (χ0) is 13.5. The van der Waals surface area contributed by atoms with Crippen LogP contribution in [0.5, 0.6) is 5.75 Å². The monoisotopic (exact) mass is 252 g/mol. The van der Waals surface area contributed by atoms with Crippen molar-refractivity contribution in [3.05, 3.63) is 29.8 Å². The smallest absolute Gasteiger partial charge is 0.317 e. The van der Waals surface area contributed by atoms with Gasteiger partial charge in [-0.1, -0.05) is 12.1 Å². The summed E-state index contributed by atoms with van der Waals surface area (Å²) >= 11 is 0. The van der Waals surface area contributed by atoms with Crippen molar-refractivity contribution in [2.45, 2.75) is 26.0 Å². The molecule has 1 unspecified atom stereocenters. The first-order chi connectivity index (χ1) is 8.49. The summed E-state index contributed by atoms with van der Waals surface area (Å²) in [7, 11) is 1.69. The van der Waals surface area contributed by atoms with Gasteiger partial charge in [0.2, 0.25) is 0 Å². The fraction of sp³-hybridized carbons (Fsp3) is 0.462. The highest BCUT2D eigenvalue weighted by Gasteiger charge is 2.08. The molecule has 0 bridgehead atoms. The van der Waals surface area contributed by atoms with Crippen LogP contribution in [0, 0.1) is 0 Å². The summed E-state index contributed by atoms with van der Waals surface area (Å²) in [5.41, 5.74) is 0.921. The summed E-state index contributed by atoms with van der Waals surface area (Å²) in [5.74, 6) is 0.208. The third kappa shape index (κ3) is 5.05. The molecule has 0 heterocycles. The molecule has 0 saturated heterocycles. The Balaban J connectivity index is 2.34. The maximum absolute atomic E-state index is 11.7. The number of aliphatic hydroxyl groups is 1. The Kier molecular flexibility index (Phi) is 5.45. The molecule has 0 saturated carbocycles. The Morgan fingerprint density at radius 1 is 1.39 bits per heavy atom. The van der Waals surface area contributed by atoms with Gasteiger partial charge in [-0.25, -0.2) is 4.79 Å². The van der Waals surface area contributed by atoms with E-state index in [1.807, 2.05) is 0 Å². The van der Waals surface area contributed by atoms with E-state index in [1.54, 1.807) is 38.2 Å². The number of aliphatic hydroxyl groups excluding tert-OH is 1. The van der Waals surface area contributed by atoms with Crippen LogP contribution in [0.4, 0.5) is 4.79 Å². The number of hydrogen-bond acceptors (Lipinski definition) is 3. The summed E-state index contributed by atoms with van der Waals surface area (Å²) < 4.78 is 0. The number of benzene rings is 1. The number of aromatic hydroxyl groups is 1. The number of carbonyl (C=O) groups is 1. The van der Waals surface area contributed by atoms with Gasteiger partial charge in [-0.05, 0) is 31.0 Å². The Hall–Kier alpha value is -1.75. The van der Waals surface area contributed by atoms with E-state index in [2.05, 4.69) is 5.32 Å². The molecule has 0 aliphatic carbocycles. The molecular weight excluding hydrogens is 232 g/mol. The highest BCUT2D eigenvalue weighted by atomic mass is 16.3. The second-order valence-electron chi connectivity index (χ2n) is 4.38. The molecule has 1 aromatic carbocycles. The van der Waals surface area contributed by atoms with Crippen molar-refractivity contribution < 1.29 is 15.0 Å². The van der Waals surface area contributed by atoms with Crippen LogP contribution < -0.4 is 5.32 Å². The highest BCUT2D eigenvalue weighted by molar-refractivity contribution is 5.73. The zero-order valence-corrected chi connectivity index (χ0v) is 10.8. The first-order valence-corrected chi connectivity index (χ1v) is 5.94. The predicted octanol–water partition coefficient (Wildman–Crippen LogP) is 1.30. The summed E-state index contributed by atoms with van der Waals surface area (Å²) in [4.78, 5) is 13.2. The van der Waals surface area contributed by atoms with Gasteiger partial charge in [-0.15, -0.1) is 0 Å². The van der Waals surface area contributed by atoms with Gasteiger partial charge in [-0.2, -0.15) is 0 Å². The molecule has 100 valence electrons. The van der Waals surface area contributed by atoms with Crippen LogP contribution in [0.2, 0.25) is 0 Å². The van der Waals surface area contributed by atoms with Crippen molar-refractivity contribution in [1.29, 1.82) is 0 Å². The molecule has 18 heavy (non-hydrogen) atoms. The van der Waals surface area contributed by atoms with E-state index < -0.39 is 6.10 Å². The first kappa shape index (κ1) is 14.3. The van der Waals surface area contributed by atoms with Crippen LogP contribution in [-0.2, 0) is 6.54 Å². The molecule has 2 amide bonds. The lowest BCUT2D eigenvalue weighted by molar-refractivity contribution is 0.163. The second-order valence-corrected chi connectivity index (χ2v) is 4.38. The summed E-state index contributed by atoms with van der Waals surface area (Å²) in [6, 6.07) is 6.50. The Labute approximate surface area is 107 Å². The third-order valence-electron chi connectivity index (χ3n) is 2.61. The zero-order valence-electron chi connectivity index (χ0n) is 10.8. The SMILES string of the molecule is CC(O)CCN(C)C(=O)NCc1ccc(O)cc1. The molecule has 0 spiro atoms. The fourth-order valence-corrected chi connectivity index (χ4v) is 1.41. The topological polar surface area (TPSA) is 72.8 Å². The predicted molar refractivity (Wildman–Crippen MR) is 69.3 cm³/mol. The number of hydrogen-bond donors (Lipinski definition) is 3. The van der Waals surface area contributed by atoms with Crippen LogP contribution in [0.1, 0.15) is 18.9 Å². The van der Waals surface area contributed by atoms with E-state index in [9.17, 15) is 4.79 Å². The first-order valence-electron chi connectivity index (χ1n) is 5.94. The molecule has 1 aromatic rings. The fourth-order valence-electron chi connectivity index (χ4n) is 1.41. The maximum Gasteiger partial charge on any atom is 0.317 e. The highest BCUT2D eigenvalue weighted by Crippen LogP contribution is 2.09. The van der Waals surface area contributed by atoms with Crippen LogP contribution in [0.15, 0.2) is 24.3 Å². The number of amides is 2. The molecule has 1 atom stereocenters. The Bertz CT molecular complexity index is 376. The minimum absolute atomic E-state index is 0.177. The van der Waals surface area contributed by atoms with E-state index in [4.69, 9.17) is 10.2 Å². The van der Waals surface area contributed by atoms with Crippen LogP contribution in [0.3, 0.4) is 0 Å². The van der Waals surface area contributed by atoms with Gasteiger partial charge in [0, 0.05) is 20.1 Å². The lowest BCUT2D eigenvalue weighted by Crippen LogP contribution is -2.38. The number of rotatable bonds is 5. The summed E-state index contributed by atoms with van der Waals surface area (Å²) in [6.07, 6.45) is 0.153. The normalized spacial score (nSPS) is 11.9. The van der Waals surface area contributed by atoms with E-state index >= 15 is 0 Å². The molecule has 5 heteroatoms. The molecule has 5 nitrogen and oxygen atoms in total. The molecule has 0 aliphatic rings. The molecule has 0 fully saturated rings. The molecule has 1 rings (SSSR count). The standard InChI is InChI=1S/C13H20N2O3/c1-10(16)7-8-15(2)13(18)14-9-11-3-5-12(17)6-4-11/h3-6,10,16-17H,7-9H2,1-2H3,(H,14,18). The van der Waals surface area contributed by atoms with Gasteiger partial charge < -0.3 is 20.4 Å². The molecular formula is C13H20N2O3. The molecule has 3 N–H and O–H groups in total. The van der Waals surface area contributed by atoms with Gasteiger partial charge in [0.25, 0.3) is 0 Å². The number of nitrogens with one attached hydrogen (secondary N) is 1. The largest absolute Gasteiger partial charge is 0.508 e. The van der Waals surface area contributed by atoms with Crippen molar-refractivity contribution in [2.75, 3.05) is 13.6 Å². The lowest BCUT2D eigenvalue weighted by atomic mass is 10.2. The Morgan fingerprint density at radius 3 is 2.56 bits per heavy atom. The number of carbonyl (C=O) groups excluding carboxylic acids is 1. The van der Waals surface area contributed by atoms with Gasteiger partial charge in [0.1, 0.15) is 5.75 Å². The average Bonchev–Trinajstić information content (AvgIpc) is 2.34. The number of phenols is 1. The summed E-state index contributed by atoms with van der Waals surface area (Å²) in [6.45, 7) is 2.62. The van der Waals surface area contributed by atoms with Crippen molar-refractivity contribution in [3.8, 4) is 5.75 Å². The number of nitrogens with zero attached hydrogens (tertiary/aromatic N) is 1. The number of phenolic OH excluding ortho intramolecular Hbond substituents is 1. The molecule has 0 aromatic heterocycles. The van der Waals surface area contributed by atoms with E-state index in [0.29, 0.717) is 19.5 Å². The molecule has 0 radical (unpaired) electrons.